The summed E-state index contributed by atoms with van der Waals surface area (Å²) in [5.74, 6) is -0.213. The fraction of sp³-hybridized carbons (Fsp3) is 0.400. The van der Waals surface area contributed by atoms with Crippen LogP contribution in [0.4, 0.5) is 0 Å². The van der Waals surface area contributed by atoms with E-state index in [0.29, 0.717) is 18.7 Å². The van der Waals surface area contributed by atoms with E-state index in [0.717, 1.165) is 18.4 Å². The highest BCUT2D eigenvalue weighted by atomic mass is 16.2. The minimum Gasteiger partial charge on any atom is -0.331 e. The summed E-state index contributed by atoms with van der Waals surface area (Å²) in [4.78, 5) is 26.6. The first kappa shape index (κ1) is 19.4. The van der Waals surface area contributed by atoms with Crippen LogP contribution in [-0.2, 0) is 13.1 Å². The zero-order chi connectivity index (χ0) is 19.1. The highest BCUT2D eigenvalue weighted by molar-refractivity contribution is 5.92. The maximum Gasteiger partial charge on any atom is 0.274 e. The van der Waals surface area contributed by atoms with Crippen molar-refractivity contribution in [2.75, 3.05) is 0 Å². The van der Waals surface area contributed by atoms with E-state index in [9.17, 15) is 9.59 Å². The number of rotatable bonds is 7. The van der Waals surface area contributed by atoms with Gasteiger partial charge in [-0.3, -0.25) is 9.59 Å². The summed E-state index contributed by atoms with van der Waals surface area (Å²) in [7, 11) is 0. The number of carbonyl (C=O) groups excluding carboxylic acids is 1. The van der Waals surface area contributed by atoms with Crippen LogP contribution in [0.2, 0.25) is 0 Å². The van der Waals surface area contributed by atoms with E-state index in [1.165, 1.54) is 16.8 Å². The van der Waals surface area contributed by atoms with Gasteiger partial charge >= 0.3 is 0 Å². The number of nitrogens with zero attached hydrogens (tertiary/aromatic N) is 4. The number of aryl methyl sites for hydroxylation is 1. The third-order valence-electron chi connectivity index (χ3n) is 4.13. The van der Waals surface area contributed by atoms with E-state index in [2.05, 4.69) is 11.2 Å². The summed E-state index contributed by atoms with van der Waals surface area (Å²) in [5, 5.41) is 13.1. The summed E-state index contributed by atoms with van der Waals surface area (Å²) < 4.78 is 1.36. The van der Waals surface area contributed by atoms with Crippen molar-refractivity contribution in [2.24, 2.45) is 0 Å². The van der Waals surface area contributed by atoms with Gasteiger partial charge in [0, 0.05) is 25.2 Å². The van der Waals surface area contributed by atoms with Gasteiger partial charge in [0.05, 0.1) is 11.6 Å². The van der Waals surface area contributed by atoms with Crippen LogP contribution >= 0.6 is 0 Å². The van der Waals surface area contributed by atoms with E-state index in [4.69, 9.17) is 5.26 Å². The van der Waals surface area contributed by atoms with Crippen LogP contribution in [0.3, 0.4) is 0 Å². The predicted molar refractivity (Wildman–Crippen MR) is 99.6 cm³/mol. The highest BCUT2D eigenvalue weighted by Crippen LogP contribution is 2.13. The van der Waals surface area contributed by atoms with Crippen molar-refractivity contribution in [3.05, 3.63) is 63.6 Å². The highest BCUT2D eigenvalue weighted by Gasteiger charge is 2.21. The van der Waals surface area contributed by atoms with Crippen LogP contribution in [-0.4, -0.2) is 26.6 Å². The molecule has 2 aromatic rings. The lowest BCUT2D eigenvalue weighted by atomic mass is 10.1. The van der Waals surface area contributed by atoms with Crippen molar-refractivity contribution >= 4 is 5.91 Å². The van der Waals surface area contributed by atoms with Gasteiger partial charge in [0.15, 0.2) is 0 Å². The number of amides is 1. The standard InChI is InChI=1S/C20H24N4O2/c1-4-5-12-24-19(25)11-10-18(22-24)20(26)23(15(2)3)14-17-8-6-16(13-21)7-9-17/h6-11,15H,4-5,12,14H2,1-3H3. The zero-order valence-corrected chi connectivity index (χ0v) is 15.5. The normalized spacial score (nSPS) is 10.6. The van der Waals surface area contributed by atoms with Gasteiger partial charge in [0.25, 0.3) is 11.5 Å². The van der Waals surface area contributed by atoms with E-state index < -0.39 is 0 Å². The Bertz CT molecular complexity index is 847. The zero-order valence-electron chi connectivity index (χ0n) is 15.5. The minimum atomic E-state index is -0.213. The predicted octanol–water partition coefficient (Wildman–Crippen LogP) is 2.97. The Morgan fingerprint density at radius 3 is 2.50 bits per heavy atom. The lowest BCUT2D eigenvalue weighted by Gasteiger charge is -2.26. The molecule has 136 valence electrons. The molecule has 0 atom stereocenters. The van der Waals surface area contributed by atoms with Gasteiger partial charge in [-0.25, -0.2) is 4.68 Å². The molecule has 0 aliphatic carbocycles. The molecule has 0 bridgehead atoms. The summed E-state index contributed by atoms with van der Waals surface area (Å²) >= 11 is 0. The average molecular weight is 352 g/mol. The Labute approximate surface area is 153 Å². The molecule has 0 unspecified atom stereocenters. The number of benzene rings is 1. The largest absolute Gasteiger partial charge is 0.331 e. The fourth-order valence-electron chi connectivity index (χ4n) is 2.55. The molecule has 0 aliphatic rings. The number of carbonyl (C=O) groups is 1. The molecule has 1 heterocycles. The molecule has 0 spiro atoms. The second-order valence-electron chi connectivity index (χ2n) is 6.47. The van der Waals surface area contributed by atoms with E-state index in [1.807, 2.05) is 32.9 Å². The van der Waals surface area contributed by atoms with E-state index >= 15 is 0 Å². The van der Waals surface area contributed by atoms with Crippen molar-refractivity contribution in [3.63, 3.8) is 0 Å². The maximum absolute atomic E-state index is 12.9. The number of hydrogen-bond acceptors (Lipinski definition) is 4. The SMILES string of the molecule is CCCCn1nc(C(=O)N(Cc2ccc(C#N)cc2)C(C)C)ccc1=O. The monoisotopic (exact) mass is 352 g/mol. The van der Waals surface area contributed by atoms with Gasteiger partial charge in [-0.2, -0.15) is 10.4 Å². The third kappa shape index (κ3) is 4.79. The maximum atomic E-state index is 12.9. The van der Waals surface area contributed by atoms with Crippen molar-refractivity contribution in [1.29, 1.82) is 5.26 Å². The van der Waals surface area contributed by atoms with Crippen LogP contribution in [0.1, 0.15) is 55.2 Å². The van der Waals surface area contributed by atoms with Gasteiger partial charge in [-0.1, -0.05) is 25.5 Å². The number of hydrogen-bond donors (Lipinski definition) is 0. The molecule has 0 fully saturated rings. The molecule has 6 nitrogen and oxygen atoms in total. The Kier molecular flexibility index (Phi) is 6.67. The Hall–Kier alpha value is -2.94. The third-order valence-corrected chi connectivity index (χ3v) is 4.13. The molecule has 2 rings (SSSR count). The lowest BCUT2D eigenvalue weighted by Crippen LogP contribution is -2.38. The summed E-state index contributed by atoms with van der Waals surface area (Å²) in [6.07, 6.45) is 1.78. The smallest absolute Gasteiger partial charge is 0.274 e. The molecule has 1 amide bonds. The van der Waals surface area contributed by atoms with Crippen LogP contribution in [0.25, 0.3) is 0 Å². The first-order valence-electron chi connectivity index (χ1n) is 8.84. The number of unbranched alkanes of at least 4 members (excludes halogenated alkanes) is 1. The van der Waals surface area contributed by atoms with Gasteiger partial charge in [-0.05, 0) is 44.0 Å². The molecule has 0 N–H and O–H groups in total. The molecule has 0 saturated heterocycles. The van der Waals surface area contributed by atoms with Crippen LogP contribution in [0.5, 0.6) is 0 Å². The number of aromatic nitrogens is 2. The molecule has 1 aromatic carbocycles. The average Bonchev–Trinajstić information content (AvgIpc) is 2.65. The Morgan fingerprint density at radius 2 is 1.92 bits per heavy atom. The molecule has 1 aromatic heterocycles. The first-order chi connectivity index (χ1) is 12.5. The summed E-state index contributed by atoms with van der Waals surface area (Å²) in [6.45, 7) is 6.84. The lowest BCUT2D eigenvalue weighted by molar-refractivity contribution is 0.0681. The molecular weight excluding hydrogens is 328 g/mol. The van der Waals surface area contributed by atoms with Crippen molar-refractivity contribution in [1.82, 2.24) is 14.7 Å². The first-order valence-corrected chi connectivity index (χ1v) is 8.84. The topological polar surface area (TPSA) is 79.0 Å². The van der Waals surface area contributed by atoms with Crippen molar-refractivity contribution < 1.29 is 4.79 Å². The molecule has 6 heteroatoms. The van der Waals surface area contributed by atoms with E-state index in [1.54, 1.807) is 17.0 Å². The van der Waals surface area contributed by atoms with Crippen molar-refractivity contribution in [3.8, 4) is 6.07 Å². The summed E-state index contributed by atoms with van der Waals surface area (Å²) in [6, 6.07) is 12.1. The Morgan fingerprint density at radius 1 is 1.23 bits per heavy atom. The summed E-state index contributed by atoms with van der Waals surface area (Å²) in [5.41, 5.74) is 1.59. The quantitative estimate of drug-likeness (QED) is 0.767. The second kappa shape index (κ2) is 8.95. The van der Waals surface area contributed by atoms with Gasteiger partial charge in [0.2, 0.25) is 0 Å². The van der Waals surface area contributed by atoms with Gasteiger partial charge in [-0.15, -0.1) is 0 Å². The van der Waals surface area contributed by atoms with Crippen LogP contribution < -0.4 is 5.56 Å². The second-order valence-corrected chi connectivity index (χ2v) is 6.47. The van der Waals surface area contributed by atoms with Crippen molar-refractivity contribution in [2.45, 2.75) is 52.7 Å². The molecule has 0 saturated carbocycles. The Balaban J connectivity index is 2.25. The molecule has 26 heavy (non-hydrogen) atoms. The molecular formula is C20H24N4O2. The van der Waals surface area contributed by atoms with Crippen LogP contribution in [0, 0.1) is 11.3 Å². The minimum absolute atomic E-state index is 0.0315. The van der Waals surface area contributed by atoms with Gasteiger partial charge in [0.1, 0.15) is 5.69 Å². The fourth-order valence-corrected chi connectivity index (χ4v) is 2.55. The molecule has 0 radical (unpaired) electrons. The van der Waals surface area contributed by atoms with E-state index in [-0.39, 0.29) is 23.2 Å². The number of nitriles is 1. The van der Waals surface area contributed by atoms with Crippen LogP contribution in [0.15, 0.2) is 41.2 Å². The molecule has 0 aliphatic heterocycles. The van der Waals surface area contributed by atoms with Gasteiger partial charge < -0.3 is 4.90 Å².